The topological polar surface area (TPSA) is 0 Å². The van der Waals surface area contributed by atoms with E-state index >= 15 is 0 Å². The van der Waals surface area contributed by atoms with Crippen molar-refractivity contribution in [1.29, 1.82) is 0 Å². The normalized spacial score (nSPS) is 12.0. The summed E-state index contributed by atoms with van der Waals surface area (Å²) in [4.78, 5) is 0. The van der Waals surface area contributed by atoms with Gasteiger partial charge in [-0.05, 0) is 105 Å². The first kappa shape index (κ1) is 30.6. The number of benzene rings is 11. The molecule has 0 atom stereocenters. The molecule has 0 radical (unpaired) electrons. The molecule has 0 fully saturated rings. The van der Waals surface area contributed by atoms with Crippen molar-refractivity contribution in [3.8, 4) is 33.4 Å². The molecule has 1 heterocycles. The van der Waals surface area contributed by atoms with Gasteiger partial charge in [0, 0.05) is 25.6 Å². The Morgan fingerprint density at radius 3 is 1.45 bits per heavy atom. The zero-order valence-electron chi connectivity index (χ0n) is 29.9. The summed E-state index contributed by atoms with van der Waals surface area (Å²) < 4.78 is 2.71. The number of hydrogen-bond donors (Lipinski definition) is 0. The molecule has 0 spiro atoms. The fourth-order valence-corrected chi connectivity index (χ4v) is 10.7. The van der Waals surface area contributed by atoms with Crippen molar-refractivity contribution in [3.05, 3.63) is 194 Å². The minimum atomic E-state index is 1.24. The van der Waals surface area contributed by atoms with Crippen LogP contribution in [0.5, 0.6) is 0 Å². The summed E-state index contributed by atoms with van der Waals surface area (Å²) >= 11 is 1.91. The van der Waals surface area contributed by atoms with Crippen molar-refractivity contribution in [2.24, 2.45) is 0 Å². The maximum atomic E-state index is 2.44. The Hall–Kier alpha value is -6.80. The van der Waals surface area contributed by atoms with Crippen LogP contribution in [0.2, 0.25) is 0 Å². The van der Waals surface area contributed by atoms with Crippen molar-refractivity contribution >= 4 is 96.1 Å². The molecule has 0 amide bonds. The summed E-state index contributed by atoms with van der Waals surface area (Å²) in [6.07, 6.45) is 0. The number of hydrogen-bond acceptors (Lipinski definition) is 1. The van der Waals surface area contributed by atoms with Gasteiger partial charge in [-0.15, -0.1) is 11.3 Å². The molecule has 0 bridgehead atoms. The van der Waals surface area contributed by atoms with Crippen molar-refractivity contribution in [2.45, 2.75) is 0 Å². The molecule has 0 saturated carbocycles. The molecule has 12 aromatic rings. The second kappa shape index (κ2) is 11.9. The van der Waals surface area contributed by atoms with Crippen LogP contribution < -0.4 is 0 Å². The molecule has 0 unspecified atom stereocenters. The molecule has 0 aliphatic rings. The van der Waals surface area contributed by atoms with Gasteiger partial charge >= 0.3 is 0 Å². The van der Waals surface area contributed by atoms with Crippen LogP contribution in [0.15, 0.2) is 194 Å². The third kappa shape index (κ3) is 4.45. The fraction of sp³-hybridized carbons (Fsp3) is 0. The minimum absolute atomic E-state index is 1.24. The average molecular weight is 713 g/mol. The molecule has 11 aromatic carbocycles. The molecule has 0 aliphatic heterocycles. The van der Waals surface area contributed by atoms with Gasteiger partial charge in [0.25, 0.3) is 0 Å². The maximum Gasteiger partial charge on any atom is 0.0440 e. The molecule has 1 heteroatoms. The van der Waals surface area contributed by atoms with Crippen LogP contribution in [0.1, 0.15) is 0 Å². The number of fused-ring (bicyclic) bond motifs is 12. The molecule has 0 N–H and O–H groups in total. The van der Waals surface area contributed by atoms with E-state index in [0.29, 0.717) is 0 Å². The fourth-order valence-electron chi connectivity index (χ4n) is 9.49. The van der Waals surface area contributed by atoms with Gasteiger partial charge in [0.05, 0.1) is 0 Å². The predicted molar refractivity (Wildman–Crippen MR) is 241 cm³/mol. The van der Waals surface area contributed by atoms with E-state index < -0.39 is 0 Å². The van der Waals surface area contributed by atoms with Gasteiger partial charge in [0.1, 0.15) is 0 Å². The van der Waals surface area contributed by atoms with E-state index in [0.717, 1.165) is 0 Å². The Bertz CT molecular complexity index is 3490. The Kier molecular flexibility index (Phi) is 6.60. The minimum Gasteiger partial charge on any atom is -0.135 e. The van der Waals surface area contributed by atoms with Gasteiger partial charge in [-0.2, -0.15) is 0 Å². The first-order valence-corrected chi connectivity index (χ1v) is 19.8. The third-order valence-electron chi connectivity index (χ3n) is 11.8. The Morgan fingerprint density at radius 2 is 0.764 bits per heavy atom. The van der Waals surface area contributed by atoms with Crippen molar-refractivity contribution in [1.82, 2.24) is 0 Å². The molecule has 0 saturated heterocycles. The van der Waals surface area contributed by atoms with Crippen molar-refractivity contribution in [2.75, 3.05) is 0 Å². The number of thiophene rings is 1. The van der Waals surface area contributed by atoms with E-state index in [9.17, 15) is 0 Å². The summed E-state index contributed by atoms with van der Waals surface area (Å²) in [7, 11) is 0. The van der Waals surface area contributed by atoms with Gasteiger partial charge in [0.15, 0.2) is 0 Å². The zero-order chi connectivity index (χ0) is 36.0. The van der Waals surface area contributed by atoms with Crippen molar-refractivity contribution < 1.29 is 0 Å². The highest BCUT2D eigenvalue weighted by Crippen LogP contribution is 2.49. The SMILES string of the molecule is c1ccc2c(-c3c4ccccc4c(-c4ccc(-c5ccc6c(c5)c5ccccc5c5c7ccccc7sc65)c5ccccc45)c4ccccc34)cccc2c1. The third-order valence-corrected chi connectivity index (χ3v) is 13.0. The van der Waals surface area contributed by atoms with E-state index in [4.69, 9.17) is 0 Å². The van der Waals surface area contributed by atoms with Crippen molar-refractivity contribution in [3.63, 3.8) is 0 Å². The van der Waals surface area contributed by atoms with Crippen LogP contribution in [0.4, 0.5) is 0 Å². The number of rotatable bonds is 3. The lowest BCUT2D eigenvalue weighted by Crippen LogP contribution is -1.93. The lowest BCUT2D eigenvalue weighted by molar-refractivity contribution is 1.67. The van der Waals surface area contributed by atoms with Crippen LogP contribution in [-0.2, 0) is 0 Å². The first-order valence-electron chi connectivity index (χ1n) is 19.0. The molecule has 1 aromatic heterocycles. The maximum absolute atomic E-state index is 2.44. The molecule has 0 nitrogen and oxygen atoms in total. The summed E-state index contributed by atoms with van der Waals surface area (Å²) in [5.41, 5.74) is 7.60. The van der Waals surface area contributed by atoms with Crippen LogP contribution in [-0.4, -0.2) is 0 Å². The van der Waals surface area contributed by atoms with Crippen LogP contribution in [0.25, 0.3) is 118 Å². The summed E-state index contributed by atoms with van der Waals surface area (Å²) in [5, 5.41) is 18.1. The molecular weight excluding hydrogens is 681 g/mol. The standard InChI is InChI=1S/C54H32S/c1-2-16-35-33(14-1)15-13-26-40(35)51-42-21-7-9-23-44(42)52(45-24-10-8-22-43(45)51)46-31-30-36(37-17-3-4-18-38(37)46)34-28-29-47-49(32-34)39-19-5-6-20-41(39)53-48-25-11-12-27-50(48)55-54(47)53/h1-32H. The highest BCUT2D eigenvalue weighted by Gasteiger charge is 2.21. The monoisotopic (exact) mass is 712 g/mol. The van der Waals surface area contributed by atoms with Gasteiger partial charge in [-0.25, -0.2) is 0 Å². The van der Waals surface area contributed by atoms with Gasteiger partial charge in [-0.1, -0.05) is 182 Å². The van der Waals surface area contributed by atoms with E-state index in [-0.39, 0.29) is 0 Å². The van der Waals surface area contributed by atoms with E-state index in [1.54, 1.807) is 0 Å². The quantitative estimate of drug-likeness (QED) is 0.126. The van der Waals surface area contributed by atoms with Gasteiger partial charge in [0.2, 0.25) is 0 Å². The van der Waals surface area contributed by atoms with Gasteiger partial charge in [-0.3, -0.25) is 0 Å². The summed E-state index contributed by atoms with van der Waals surface area (Å²) in [5.74, 6) is 0. The van der Waals surface area contributed by atoms with Gasteiger partial charge < -0.3 is 0 Å². The second-order valence-electron chi connectivity index (χ2n) is 14.7. The largest absolute Gasteiger partial charge is 0.135 e. The highest BCUT2D eigenvalue weighted by molar-refractivity contribution is 7.27. The second-order valence-corrected chi connectivity index (χ2v) is 15.7. The van der Waals surface area contributed by atoms with Crippen LogP contribution in [0, 0.1) is 0 Å². The lowest BCUT2D eigenvalue weighted by atomic mass is 9.83. The van der Waals surface area contributed by atoms with Crippen LogP contribution >= 0.6 is 11.3 Å². The molecular formula is C54H32S. The molecule has 55 heavy (non-hydrogen) atoms. The lowest BCUT2D eigenvalue weighted by Gasteiger charge is -2.20. The molecule has 254 valence electrons. The Balaban J connectivity index is 1.12. The van der Waals surface area contributed by atoms with E-state index in [2.05, 4.69) is 194 Å². The Morgan fingerprint density at radius 1 is 0.273 bits per heavy atom. The molecule has 0 aliphatic carbocycles. The Labute approximate surface area is 322 Å². The summed E-state index contributed by atoms with van der Waals surface area (Å²) in [6, 6.07) is 72.2. The van der Waals surface area contributed by atoms with E-state index in [1.807, 2.05) is 11.3 Å². The molecule has 12 rings (SSSR count). The zero-order valence-corrected chi connectivity index (χ0v) is 30.7. The average Bonchev–Trinajstić information content (AvgIpc) is 3.65. The van der Waals surface area contributed by atoms with E-state index in [1.165, 1.54) is 118 Å². The highest BCUT2D eigenvalue weighted by atomic mass is 32.1. The summed E-state index contributed by atoms with van der Waals surface area (Å²) in [6.45, 7) is 0. The van der Waals surface area contributed by atoms with Crippen LogP contribution in [0.3, 0.4) is 0 Å². The first-order chi connectivity index (χ1) is 27.3. The smallest absolute Gasteiger partial charge is 0.0440 e. The predicted octanol–water partition coefficient (Wildman–Crippen LogP) is 16.0.